The van der Waals surface area contributed by atoms with Gasteiger partial charge in [0.1, 0.15) is 5.82 Å². The Labute approximate surface area is 215 Å². The van der Waals surface area contributed by atoms with Gasteiger partial charge in [-0.1, -0.05) is 17.3 Å². The van der Waals surface area contributed by atoms with Crippen molar-refractivity contribution in [2.24, 2.45) is 5.92 Å². The molecule has 2 saturated heterocycles. The molecule has 1 amide bonds. The first-order valence-electron chi connectivity index (χ1n) is 12.4. The van der Waals surface area contributed by atoms with E-state index < -0.39 is 10.0 Å². The number of hydrogen-bond acceptors (Lipinski definition) is 7. The average molecular weight is 528 g/mol. The summed E-state index contributed by atoms with van der Waals surface area (Å²) < 4.78 is 46.7. The zero-order valence-corrected chi connectivity index (χ0v) is 21.7. The maximum Gasteiger partial charge on any atom is 0.243 e. The molecule has 0 spiro atoms. The van der Waals surface area contributed by atoms with Crippen molar-refractivity contribution in [3.05, 3.63) is 59.7 Å². The molecule has 0 radical (unpaired) electrons. The molecule has 0 unspecified atom stereocenters. The van der Waals surface area contributed by atoms with Gasteiger partial charge >= 0.3 is 0 Å². The monoisotopic (exact) mass is 527 g/mol. The number of carbonyl (C=O) groups is 1. The third-order valence-electron chi connectivity index (χ3n) is 7.18. The molecule has 0 bridgehead atoms. The van der Waals surface area contributed by atoms with Gasteiger partial charge in [0.2, 0.25) is 27.6 Å². The molecule has 9 nitrogen and oxygen atoms in total. The van der Waals surface area contributed by atoms with Crippen LogP contribution in [0.3, 0.4) is 0 Å². The molecule has 37 heavy (non-hydrogen) atoms. The number of aromatic nitrogens is 2. The maximum absolute atomic E-state index is 13.5. The second-order valence-electron chi connectivity index (χ2n) is 9.58. The van der Waals surface area contributed by atoms with Crippen molar-refractivity contribution in [3.63, 3.8) is 0 Å². The molecule has 3 aromatic rings. The van der Waals surface area contributed by atoms with Crippen molar-refractivity contribution in [1.29, 1.82) is 0 Å². The Hall–Kier alpha value is -3.31. The molecular formula is C26H30FN5O4S. The van der Waals surface area contributed by atoms with Crippen LogP contribution in [0.25, 0.3) is 11.4 Å². The average Bonchev–Trinajstić information content (AvgIpc) is 3.35. The van der Waals surface area contributed by atoms with Gasteiger partial charge in [0.05, 0.1) is 4.90 Å². The number of anilines is 1. The lowest BCUT2D eigenvalue weighted by Crippen LogP contribution is -2.52. The first-order chi connectivity index (χ1) is 17.7. The molecule has 0 N–H and O–H groups in total. The fourth-order valence-corrected chi connectivity index (χ4v) is 6.73. The summed E-state index contributed by atoms with van der Waals surface area (Å²) in [5, 5.41) is 3.90. The van der Waals surface area contributed by atoms with Crippen molar-refractivity contribution in [1.82, 2.24) is 19.3 Å². The van der Waals surface area contributed by atoms with E-state index in [9.17, 15) is 17.6 Å². The molecule has 2 aliphatic heterocycles. The van der Waals surface area contributed by atoms with E-state index in [1.807, 2.05) is 4.90 Å². The quantitative estimate of drug-likeness (QED) is 0.502. The molecule has 2 aliphatic rings. The number of sulfonamides is 1. The van der Waals surface area contributed by atoms with E-state index in [0.717, 1.165) is 5.69 Å². The third kappa shape index (κ3) is 5.24. The summed E-state index contributed by atoms with van der Waals surface area (Å²) in [6, 6.07) is 11.5. The number of piperazine rings is 1. The SMILES string of the molecule is Cc1nc(-c2ccc(C)c(S(=O)(=O)N3CCC(C(=O)N4CCN(c5ccc(F)cc5)CC4)CC3)c2)no1. The first-order valence-corrected chi connectivity index (χ1v) is 13.9. The molecular weight excluding hydrogens is 497 g/mol. The lowest BCUT2D eigenvalue weighted by atomic mass is 9.96. The van der Waals surface area contributed by atoms with Gasteiger partial charge in [0, 0.05) is 63.4 Å². The van der Waals surface area contributed by atoms with E-state index in [1.165, 1.54) is 16.4 Å². The zero-order valence-electron chi connectivity index (χ0n) is 20.9. The van der Waals surface area contributed by atoms with E-state index >= 15 is 0 Å². The minimum atomic E-state index is -3.74. The number of halogens is 1. The minimum absolute atomic E-state index is 0.0847. The van der Waals surface area contributed by atoms with Gasteiger partial charge < -0.3 is 14.3 Å². The largest absolute Gasteiger partial charge is 0.368 e. The van der Waals surface area contributed by atoms with Crippen LogP contribution < -0.4 is 4.90 Å². The van der Waals surface area contributed by atoms with E-state index in [2.05, 4.69) is 15.0 Å². The van der Waals surface area contributed by atoms with Crippen LogP contribution in [0.15, 0.2) is 51.9 Å². The second kappa shape index (κ2) is 10.2. The highest BCUT2D eigenvalue weighted by atomic mass is 32.2. The predicted octanol–water partition coefficient (Wildman–Crippen LogP) is 3.24. The minimum Gasteiger partial charge on any atom is -0.368 e. The normalized spacial score (nSPS) is 17.8. The van der Waals surface area contributed by atoms with E-state index in [-0.39, 0.29) is 22.5 Å². The van der Waals surface area contributed by atoms with Crippen LogP contribution in [0.5, 0.6) is 0 Å². The number of benzene rings is 2. The van der Waals surface area contributed by atoms with Crippen molar-refractivity contribution < 1.29 is 22.1 Å². The number of hydrogen-bond donors (Lipinski definition) is 0. The summed E-state index contributed by atoms with van der Waals surface area (Å²) >= 11 is 0. The van der Waals surface area contributed by atoms with Gasteiger partial charge in [-0.15, -0.1) is 0 Å². The van der Waals surface area contributed by atoms with E-state index in [0.29, 0.717) is 75.0 Å². The molecule has 0 atom stereocenters. The van der Waals surface area contributed by atoms with E-state index in [4.69, 9.17) is 4.52 Å². The Balaban J connectivity index is 1.20. The summed E-state index contributed by atoms with van der Waals surface area (Å²) in [7, 11) is -3.74. The summed E-state index contributed by atoms with van der Waals surface area (Å²) in [5.74, 6) is 0.372. The molecule has 3 heterocycles. The molecule has 5 rings (SSSR count). The number of rotatable bonds is 5. The van der Waals surface area contributed by atoms with Gasteiger partial charge in [-0.3, -0.25) is 4.79 Å². The van der Waals surface area contributed by atoms with Crippen molar-refractivity contribution in [3.8, 4) is 11.4 Å². The molecule has 196 valence electrons. The van der Waals surface area contributed by atoms with Gasteiger partial charge in [-0.25, -0.2) is 12.8 Å². The fourth-order valence-electron chi connectivity index (χ4n) is 5.01. The Bertz CT molecular complexity index is 1380. The van der Waals surface area contributed by atoms with Crippen molar-refractivity contribution in [2.75, 3.05) is 44.2 Å². The maximum atomic E-state index is 13.5. The van der Waals surface area contributed by atoms with Gasteiger partial charge in [-0.2, -0.15) is 9.29 Å². The molecule has 1 aromatic heterocycles. The topological polar surface area (TPSA) is 99.8 Å². The summed E-state index contributed by atoms with van der Waals surface area (Å²) in [5.41, 5.74) is 2.16. The fraction of sp³-hybridized carbons (Fsp3) is 0.423. The third-order valence-corrected chi connectivity index (χ3v) is 9.22. The van der Waals surface area contributed by atoms with E-state index in [1.54, 1.807) is 44.2 Å². The predicted molar refractivity (Wildman–Crippen MR) is 136 cm³/mol. The number of nitrogens with zero attached hydrogens (tertiary/aromatic N) is 5. The number of piperidine rings is 1. The molecule has 11 heteroatoms. The van der Waals surface area contributed by atoms with Crippen LogP contribution in [0.2, 0.25) is 0 Å². The first kappa shape index (κ1) is 25.3. The van der Waals surface area contributed by atoms with Gasteiger partial charge in [-0.05, 0) is 55.7 Å². The highest BCUT2D eigenvalue weighted by Crippen LogP contribution is 2.30. The molecule has 2 fully saturated rings. The lowest BCUT2D eigenvalue weighted by molar-refractivity contribution is -0.137. The van der Waals surface area contributed by atoms with Crippen molar-refractivity contribution >= 4 is 21.6 Å². The number of carbonyl (C=O) groups excluding carboxylic acids is 1. The highest BCUT2D eigenvalue weighted by molar-refractivity contribution is 7.89. The smallest absolute Gasteiger partial charge is 0.243 e. The van der Waals surface area contributed by atoms with Crippen LogP contribution in [-0.4, -0.2) is 72.9 Å². The zero-order chi connectivity index (χ0) is 26.2. The highest BCUT2D eigenvalue weighted by Gasteiger charge is 2.35. The molecule has 0 saturated carbocycles. The van der Waals surface area contributed by atoms with Crippen LogP contribution >= 0.6 is 0 Å². The van der Waals surface area contributed by atoms with Crippen LogP contribution in [0, 0.1) is 25.6 Å². The Morgan fingerprint density at radius 2 is 1.65 bits per heavy atom. The second-order valence-corrected chi connectivity index (χ2v) is 11.5. The van der Waals surface area contributed by atoms with Crippen LogP contribution in [0.1, 0.15) is 24.3 Å². The Kier molecular flexibility index (Phi) is 7.00. The summed E-state index contributed by atoms with van der Waals surface area (Å²) in [4.78, 5) is 21.6. The van der Waals surface area contributed by atoms with Gasteiger partial charge in [0.25, 0.3) is 0 Å². The number of aryl methyl sites for hydroxylation is 2. The van der Waals surface area contributed by atoms with Crippen LogP contribution in [-0.2, 0) is 14.8 Å². The summed E-state index contributed by atoms with van der Waals surface area (Å²) in [6.07, 6.45) is 0.970. The number of amides is 1. The lowest BCUT2D eigenvalue weighted by Gasteiger charge is -2.39. The molecule has 2 aromatic carbocycles. The molecule has 0 aliphatic carbocycles. The summed E-state index contributed by atoms with van der Waals surface area (Å²) in [6.45, 7) is 6.57. The van der Waals surface area contributed by atoms with Crippen molar-refractivity contribution in [2.45, 2.75) is 31.6 Å². The van der Waals surface area contributed by atoms with Crippen LogP contribution in [0.4, 0.5) is 10.1 Å². The van der Waals surface area contributed by atoms with Gasteiger partial charge in [0.15, 0.2) is 0 Å². The Morgan fingerprint density at radius 1 is 0.973 bits per heavy atom. The standard InChI is InChI=1S/C26H30FN5O4S/c1-18-3-4-21(25-28-19(2)36-29-25)17-24(18)37(34,35)32-11-9-20(10-12-32)26(33)31-15-13-30(14-16-31)23-7-5-22(27)6-8-23/h3-8,17,20H,9-16H2,1-2H3. The Morgan fingerprint density at radius 3 is 2.27 bits per heavy atom.